The van der Waals surface area contributed by atoms with E-state index in [0.29, 0.717) is 24.2 Å². The number of aliphatic hydroxyl groups is 1. The van der Waals surface area contributed by atoms with Crippen molar-refractivity contribution in [2.24, 2.45) is 23.7 Å². The first kappa shape index (κ1) is 13.2. The Hall–Kier alpha value is -1.27. The summed E-state index contributed by atoms with van der Waals surface area (Å²) in [5, 5.41) is 18.5. The van der Waals surface area contributed by atoms with E-state index in [2.05, 4.69) is 18.9 Å². The number of carbonyl (C=O) groups is 1. The van der Waals surface area contributed by atoms with Crippen molar-refractivity contribution in [2.75, 3.05) is 0 Å². The number of hydrogen-bond acceptors (Lipinski definition) is 2. The van der Waals surface area contributed by atoms with Gasteiger partial charge < -0.3 is 10.2 Å². The molecule has 2 aliphatic carbocycles. The first-order valence-corrected chi connectivity index (χ1v) is 6.62. The van der Waals surface area contributed by atoms with E-state index in [1.165, 1.54) is 5.57 Å². The fraction of sp³-hybridized carbons (Fsp3) is 0.667. The van der Waals surface area contributed by atoms with Gasteiger partial charge >= 0.3 is 5.97 Å². The van der Waals surface area contributed by atoms with Gasteiger partial charge in [-0.25, -0.2) is 0 Å². The van der Waals surface area contributed by atoms with Crippen LogP contribution in [0.3, 0.4) is 0 Å². The van der Waals surface area contributed by atoms with Crippen molar-refractivity contribution in [3.63, 3.8) is 0 Å². The van der Waals surface area contributed by atoms with E-state index in [4.69, 9.17) is 11.5 Å². The molecule has 98 valence electrons. The molecule has 0 amide bonds. The van der Waals surface area contributed by atoms with E-state index in [-0.39, 0.29) is 18.4 Å². The summed E-state index contributed by atoms with van der Waals surface area (Å²) < 4.78 is 0. The molecule has 0 bridgehead atoms. The molecule has 0 aliphatic heterocycles. The molecule has 2 N–H and O–H groups in total. The van der Waals surface area contributed by atoms with E-state index < -0.39 is 5.97 Å². The molecule has 0 aromatic heterocycles. The van der Waals surface area contributed by atoms with Gasteiger partial charge in [0.05, 0.1) is 6.10 Å². The summed E-state index contributed by atoms with van der Waals surface area (Å²) in [6.45, 7) is 2.14. The highest BCUT2D eigenvalue weighted by atomic mass is 16.4. The molecule has 2 saturated carbocycles. The van der Waals surface area contributed by atoms with Gasteiger partial charge in [0.1, 0.15) is 0 Å². The standard InChI is InChI=1S/C15H20O3/c1-3-10-13(16)8-7-12-11(9(2)15(10)12)5-4-6-14(17)18/h1,5,9-10,12-13,15-16H,4,6-8H2,2H3,(H,17,18)/t9?,10-,12+,13+,15+/m1/s1. The zero-order valence-corrected chi connectivity index (χ0v) is 10.7. The van der Waals surface area contributed by atoms with Crippen molar-refractivity contribution in [1.82, 2.24) is 0 Å². The van der Waals surface area contributed by atoms with Gasteiger partial charge in [-0.1, -0.05) is 18.6 Å². The molecule has 18 heavy (non-hydrogen) atoms. The normalized spacial score (nSPS) is 40.7. The van der Waals surface area contributed by atoms with Crippen LogP contribution in [0.5, 0.6) is 0 Å². The Labute approximate surface area is 108 Å². The minimum atomic E-state index is -0.754. The van der Waals surface area contributed by atoms with Crippen LogP contribution >= 0.6 is 0 Å². The molecule has 0 radical (unpaired) electrons. The smallest absolute Gasteiger partial charge is 0.303 e. The van der Waals surface area contributed by atoms with Crippen molar-refractivity contribution >= 4 is 5.97 Å². The largest absolute Gasteiger partial charge is 0.481 e. The number of hydrogen-bond donors (Lipinski definition) is 2. The maximum absolute atomic E-state index is 10.5. The fourth-order valence-electron chi connectivity index (χ4n) is 3.64. The Bertz CT molecular complexity index is 404. The third-order valence-electron chi connectivity index (χ3n) is 4.53. The van der Waals surface area contributed by atoms with Gasteiger partial charge in [-0.3, -0.25) is 4.79 Å². The van der Waals surface area contributed by atoms with Gasteiger partial charge in [-0.2, -0.15) is 0 Å². The van der Waals surface area contributed by atoms with Crippen LogP contribution in [0.25, 0.3) is 0 Å². The van der Waals surface area contributed by atoms with Crippen molar-refractivity contribution in [3.8, 4) is 12.3 Å². The number of rotatable bonds is 3. The van der Waals surface area contributed by atoms with E-state index in [1.807, 2.05) is 0 Å². The summed E-state index contributed by atoms with van der Waals surface area (Å²) in [7, 11) is 0. The first-order chi connectivity index (χ1) is 8.56. The lowest BCUT2D eigenvalue weighted by Crippen LogP contribution is -2.49. The quantitative estimate of drug-likeness (QED) is 0.594. The van der Waals surface area contributed by atoms with E-state index in [0.717, 1.165) is 12.8 Å². The summed E-state index contributed by atoms with van der Waals surface area (Å²) in [5.74, 6) is 3.20. The van der Waals surface area contributed by atoms with E-state index in [9.17, 15) is 9.90 Å². The monoisotopic (exact) mass is 248 g/mol. The minimum Gasteiger partial charge on any atom is -0.481 e. The molecule has 0 saturated heterocycles. The third-order valence-corrected chi connectivity index (χ3v) is 4.53. The number of aliphatic carboxylic acids is 1. The number of aliphatic hydroxyl groups excluding tert-OH is 1. The lowest BCUT2D eigenvalue weighted by molar-refractivity contribution is -0.136. The summed E-state index contributed by atoms with van der Waals surface area (Å²) in [6.07, 6.45) is 9.76. The van der Waals surface area contributed by atoms with Crippen LogP contribution in [0.2, 0.25) is 0 Å². The molecular weight excluding hydrogens is 228 g/mol. The molecular formula is C15H20O3. The second-order valence-electron chi connectivity index (χ2n) is 5.45. The Balaban J connectivity index is 2.03. The lowest BCUT2D eigenvalue weighted by atomic mass is 9.51. The molecule has 0 aromatic rings. The van der Waals surface area contributed by atoms with Crippen molar-refractivity contribution in [1.29, 1.82) is 0 Å². The molecule has 0 aromatic carbocycles. The van der Waals surface area contributed by atoms with Crippen LogP contribution in [0.4, 0.5) is 0 Å². The van der Waals surface area contributed by atoms with Crippen molar-refractivity contribution < 1.29 is 15.0 Å². The minimum absolute atomic E-state index is 0.0321. The predicted octanol–water partition coefficient (Wildman–Crippen LogP) is 2.06. The second kappa shape index (κ2) is 5.16. The average Bonchev–Trinajstić information content (AvgIpc) is 2.34. The van der Waals surface area contributed by atoms with Gasteiger partial charge in [0.2, 0.25) is 0 Å². The highest BCUT2D eigenvalue weighted by molar-refractivity contribution is 5.66. The van der Waals surface area contributed by atoms with Gasteiger partial charge in [0.25, 0.3) is 0 Å². The number of terminal acetylenes is 1. The maximum atomic E-state index is 10.5. The van der Waals surface area contributed by atoms with Crippen LogP contribution in [0.15, 0.2) is 11.6 Å². The van der Waals surface area contributed by atoms with Crippen LogP contribution < -0.4 is 0 Å². The molecule has 2 aliphatic rings. The second-order valence-corrected chi connectivity index (χ2v) is 5.45. The summed E-state index contributed by atoms with van der Waals surface area (Å²) in [5.41, 5.74) is 1.36. The zero-order valence-electron chi connectivity index (χ0n) is 10.7. The summed E-state index contributed by atoms with van der Waals surface area (Å²) in [4.78, 5) is 10.5. The Morgan fingerprint density at radius 2 is 2.28 bits per heavy atom. The molecule has 3 nitrogen and oxygen atoms in total. The molecule has 2 fully saturated rings. The Morgan fingerprint density at radius 3 is 2.89 bits per heavy atom. The van der Waals surface area contributed by atoms with E-state index >= 15 is 0 Å². The predicted molar refractivity (Wildman–Crippen MR) is 68.7 cm³/mol. The van der Waals surface area contributed by atoms with Crippen molar-refractivity contribution in [2.45, 2.75) is 38.7 Å². The van der Waals surface area contributed by atoms with Gasteiger partial charge in [0, 0.05) is 12.3 Å². The molecule has 5 atom stereocenters. The third kappa shape index (κ3) is 2.18. The SMILES string of the molecule is C#C[C@H]1[C@@H]2C(C)C(=CCCC(=O)O)[C@@H]2CC[C@@H]1O. The Morgan fingerprint density at radius 1 is 1.56 bits per heavy atom. The fourth-order valence-corrected chi connectivity index (χ4v) is 3.64. The molecule has 3 heteroatoms. The highest BCUT2D eigenvalue weighted by Gasteiger charge is 2.50. The topological polar surface area (TPSA) is 57.5 Å². The Kier molecular flexibility index (Phi) is 3.77. The molecule has 0 heterocycles. The number of carboxylic acids is 1. The van der Waals surface area contributed by atoms with Crippen LogP contribution in [0, 0.1) is 36.0 Å². The number of allylic oxidation sites excluding steroid dienone is 2. The van der Waals surface area contributed by atoms with Crippen molar-refractivity contribution in [3.05, 3.63) is 11.6 Å². The molecule has 1 unspecified atom stereocenters. The van der Waals surface area contributed by atoms with Gasteiger partial charge in [-0.15, -0.1) is 12.3 Å². The lowest BCUT2D eigenvalue weighted by Gasteiger charge is -2.53. The number of fused-ring (bicyclic) bond motifs is 1. The van der Waals surface area contributed by atoms with Crippen LogP contribution in [-0.2, 0) is 4.79 Å². The van der Waals surface area contributed by atoms with Gasteiger partial charge in [-0.05, 0) is 37.0 Å². The zero-order chi connectivity index (χ0) is 13.3. The van der Waals surface area contributed by atoms with E-state index in [1.54, 1.807) is 0 Å². The first-order valence-electron chi connectivity index (χ1n) is 6.62. The summed E-state index contributed by atoms with van der Waals surface area (Å²) >= 11 is 0. The highest BCUT2D eigenvalue weighted by Crippen LogP contribution is 2.55. The molecule has 0 spiro atoms. The molecule has 2 rings (SSSR count). The maximum Gasteiger partial charge on any atom is 0.303 e. The van der Waals surface area contributed by atoms with Crippen LogP contribution in [0.1, 0.15) is 32.6 Å². The summed E-state index contributed by atoms with van der Waals surface area (Å²) in [6, 6.07) is 0. The van der Waals surface area contributed by atoms with Crippen LogP contribution in [-0.4, -0.2) is 22.3 Å². The van der Waals surface area contributed by atoms with Gasteiger partial charge in [0.15, 0.2) is 0 Å². The average molecular weight is 248 g/mol. The number of carboxylic acid groups (broad SMARTS) is 1.